The van der Waals surface area contributed by atoms with Gasteiger partial charge in [0.15, 0.2) is 5.76 Å². The lowest BCUT2D eigenvalue weighted by molar-refractivity contribution is 0.184. The molecule has 0 unspecified atom stereocenters. The molecule has 1 aromatic heterocycles. The Morgan fingerprint density at radius 3 is 2.56 bits per heavy atom. The molecule has 0 radical (unpaired) electrons. The van der Waals surface area contributed by atoms with Crippen molar-refractivity contribution < 1.29 is 4.52 Å². The van der Waals surface area contributed by atoms with Gasteiger partial charge < -0.3 is 14.7 Å². The number of nitrogens with one attached hydrogen (secondary N) is 1. The summed E-state index contributed by atoms with van der Waals surface area (Å²) >= 11 is 0. The molecule has 5 heteroatoms. The highest BCUT2D eigenvalue weighted by atomic mass is 16.5. The number of hydrogen-bond acceptors (Lipinski definition) is 5. The van der Waals surface area contributed by atoms with Crippen LogP contribution in [-0.2, 0) is 12.0 Å². The summed E-state index contributed by atoms with van der Waals surface area (Å²) in [5.41, 5.74) is 2.81. The fourth-order valence-electron chi connectivity index (χ4n) is 4.99. The Balaban J connectivity index is 1.07. The molecule has 3 aromatic carbocycles. The molecule has 1 saturated heterocycles. The molecular weight excluding hydrogens is 420 g/mol. The Labute approximate surface area is 201 Å². The molecule has 0 atom stereocenters. The first kappa shape index (κ1) is 22.3. The fraction of sp³-hybridized carbons (Fsp3) is 0.310. The summed E-state index contributed by atoms with van der Waals surface area (Å²) in [6.45, 7) is 4.57. The minimum Gasteiger partial charge on any atom is -0.359 e. The fourth-order valence-corrected chi connectivity index (χ4v) is 4.99. The summed E-state index contributed by atoms with van der Waals surface area (Å²) in [5, 5.41) is 20.1. The second kappa shape index (κ2) is 10.2. The molecule has 34 heavy (non-hydrogen) atoms. The third-order valence-corrected chi connectivity index (χ3v) is 7.00. The van der Waals surface area contributed by atoms with E-state index in [1.807, 2.05) is 24.3 Å². The first-order valence-electron chi connectivity index (χ1n) is 12.1. The summed E-state index contributed by atoms with van der Waals surface area (Å²) in [6.07, 6.45) is 2.86. The van der Waals surface area contributed by atoms with E-state index in [9.17, 15) is 5.26 Å². The first-order valence-corrected chi connectivity index (χ1v) is 12.1. The molecule has 0 amide bonds. The van der Waals surface area contributed by atoms with Crippen molar-refractivity contribution in [2.24, 2.45) is 0 Å². The molecular formula is C29H30N4O. The van der Waals surface area contributed by atoms with Gasteiger partial charge in [-0.25, -0.2) is 0 Å². The number of fused-ring (bicyclic) bond motifs is 1. The molecule has 5 rings (SSSR count). The van der Waals surface area contributed by atoms with Gasteiger partial charge in [0.25, 0.3) is 0 Å². The molecule has 1 fully saturated rings. The van der Waals surface area contributed by atoms with Crippen molar-refractivity contribution in [2.45, 2.75) is 31.2 Å². The van der Waals surface area contributed by atoms with Gasteiger partial charge in [-0.15, -0.1) is 0 Å². The van der Waals surface area contributed by atoms with E-state index in [-0.39, 0.29) is 5.41 Å². The summed E-state index contributed by atoms with van der Waals surface area (Å²) in [5.74, 6) is 0.850. The van der Waals surface area contributed by atoms with Gasteiger partial charge >= 0.3 is 0 Å². The summed E-state index contributed by atoms with van der Waals surface area (Å²) in [7, 11) is 0. The van der Waals surface area contributed by atoms with Crippen molar-refractivity contribution >= 4 is 10.8 Å². The van der Waals surface area contributed by atoms with Crippen LogP contribution in [0.3, 0.4) is 0 Å². The van der Waals surface area contributed by atoms with Gasteiger partial charge in [0, 0.05) is 11.6 Å². The van der Waals surface area contributed by atoms with Gasteiger partial charge in [-0.1, -0.05) is 78.0 Å². The third-order valence-electron chi connectivity index (χ3n) is 7.00. The van der Waals surface area contributed by atoms with Gasteiger partial charge in [-0.2, -0.15) is 5.26 Å². The number of nitrogens with zero attached hydrogens (tertiary/aromatic N) is 3. The predicted octanol–water partition coefficient (Wildman–Crippen LogP) is 5.53. The van der Waals surface area contributed by atoms with E-state index in [1.54, 1.807) is 0 Å². The minimum absolute atomic E-state index is 0.329. The second-order valence-electron chi connectivity index (χ2n) is 9.14. The number of piperidine rings is 1. The zero-order chi connectivity index (χ0) is 23.2. The van der Waals surface area contributed by atoms with Gasteiger partial charge in [0.2, 0.25) is 0 Å². The van der Waals surface area contributed by atoms with Gasteiger partial charge in [-0.3, -0.25) is 0 Å². The minimum atomic E-state index is -0.329. The van der Waals surface area contributed by atoms with E-state index >= 15 is 0 Å². The van der Waals surface area contributed by atoms with Crippen LogP contribution in [0.2, 0.25) is 0 Å². The Kier molecular flexibility index (Phi) is 6.71. The van der Waals surface area contributed by atoms with Crippen molar-refractivity contribution in [2.75, 3.05) is 26.2 Å². The largest absolute Gasteiger partial charge is 0.359 e. The van der Waals surface area contributed by atoms with Crippen LogP contribution in [0.4, 0.5) is 0 Å². The van der Waals surface area contributed by atoms with Crippen molar-refractivity contribution in [1.29, 1.82) is 5.26 Å². The van der Waals surface area contributed by atoms with E-state index in [0.29, 0.717) is 6.54 Å². The molecule has 0 saturated carbocycles. The van der Waals surface area contributed by atoms with Crippen molar-refractivity contribution in [3.05, 3.63) is 90.2 Å². The average Bonchev–Trinajstić information content (AvgIpc) is 3.38. The Morgan fingerprint density at radius 1 is 0.971 bits per heavy atom. The Hall–Kier alpha value is -3.46. The molecule has 5 nitrogen and oxygen atoms in total. The SMILES string of the molecule is N#CC1(c2ccccc2)CCN(CCCNCc2cc(-c3cccc4ccccc34)no2)CC1. The van der Waals surface area contributed by atoms with Gasteiger partial charge in [0.1, 0.15) is 5.69 Å². The number of rotatable bonds is 8. The standard InChI is InChI=1S/C29H30N4O/c30-22-29(24-10-2-1-3-11-24)14-18-33(19-15-29)17-7-16-31-21-25-20-28(32-34-25)27-13-6-9-23-8-4-5-12-26(23)27/h1-6,8-13,20,31H,7,14-19,21H2. The highest BCUT2D eigenvalue weighted by molar-refractivity contribution is 5.95. The summed E-state index contributed by atoms with van der Waals surface area (Å²) in [6, 6.07) is 29.5. The maximum atomic E-state index is 9.87. The van der Waals surface area contributed by atoms with Crippen LogP contribution < -0.4 is 5.32 Å². The predicted molar refractivity (Wildman–Crippen MR) is 135 cm³/mol. The molecule has 0 bridgehead atoms. The first-order chi connectivity index (χ1) is 16.8. The average molecular weight is 451 g/mol. The molecule has 0 aliphatic carbocycles. The monoisotopic (exact) mass is 450 g/mol. The summed E-state index contributed by atoms with van der Waals surface area (Å²) < 4.78 is 5.59. The Morgan fingerprint density at radius 2 is 1.74 bits per heavy atom. The van der Waals surface area contributed by atoms with Crippen LogP contribution in [0, 0.1) is 11.3 Å². The molecule has 0 spiro atoms. The van der Waals surface area contributed by atoms with Crippen molar-refractivity contribution in [3.8, 4) is 17.3 Å². The van der Waals surface area contributed by atoms with E-state index in [0.717, 1.165) is 68.0 Å². The molecule has 4 aromatic rings. The van der Waals surface area contributed by atoms with Crippen molar-refractivity contribution in [1.82, 2.24) is 15.4 Å². The Bertz CT molecular complexity index is 1260. The number of hydrogen-bond donors (Lipinski definition) is 1. The quantitative estimate of drug-likeness (QED) is 0.358. The number of likely N-dealkylation sites (tertiary alicyclic amines) is 1. The number of aromatic nitrogens is 1. The zero-order valence-corrected chi connectivity index (χ0v) is 19.4. The van der Waals surface area contributed by atoms with Crippen LogP contribution in [0.5, 0.6) is 0 Å². The third kappa shape index (κ3) is 4.75. The molecule has 1 aliphatic heterocycles. The normalized spacial score (nSPS) is 15.9. The number of nitriles is 1. The second-order valence-corrected chi connectivity index (χ2v) is 9.14. The molecule has 172 valence electrons. The smallest absolute Gasteiger partial charge is 0.151 e. The lowest BCUT2D eigenvalue weighted by atomic mass is 9.74. The van der Waals surface area contributed by atoms with Crippen LogP contribution in [0.25, 0.3) is 22.0 Å². The molecule has 1 N–H and O–H groups in total. The van der Waals surface area contributed by atoms with Crippen LogP contribution in [0.1, 0.15) is 30.6 Å². The van der Waals surface area contributed by atoms with Gasteiger partial charge in [-0.05, 0) is 61.8 Å². The lowest BCUT2D eigenvalue weighted by Gasteiger charge is -2.37. The van der Waals surface area contributed by atoms with Crippen LogP contribution >= 0.6 is 0 Å². The van der Waals surface area contributed by atoms with Crippen LogP contribution in [0.15, 0.2) is 83.4 Å². The van der Waals surface area contributed by atoms with E-state index in [1.165, 1.54) is 10.8 Å². The lowest BCUT2D eigenvalue weighted by Crippen LogP contribution is -2.42. The zero-order valence-electron chi connectivity index (χ0n) is 19.4. The highest BCUT2D eigenvalue weighted by Gasteiger charge is 2.36. The molecule has 1 aliphatic rings. The highest BCUT2D eigenvalue weighted by Crippen LogP contribution is 2.34. The summed E-state index contributed by atoms with van der Waals surface area (Å²) in [4.78, 5) is 2.48. The van der Waals surface area contributed by atoms with Crippen LogP contribution in [-0.4, -0.2) is 36.2 Å². The van der Waals surface area contributed by atoms with E-state index < -0.39 is 0 Å². The van der Waals surface area contributed by atoms with Crippen molar-refractivity contribution in [3.63, 3.8) is 0 Å². The topological polar surface area (TPSA) is 65.1 Å². The maximum absolute atomic E-state index is 9.87. The van der Waals surface area contributed by atoms with E-state index in [2.05, 4.69) is 76.0 Å². The maximum Gasteiger partial charge on any atom is 0.151 e. The van der Waals surface area contributed by atoms with Gasteiger partial charge in [0.05, 0.1) is 18.0 Å². The molecule has 2 heterocycles. The van der Waals surface area contributed by atoms with E-state index in [4.69, 9.17) is 4.52 Å². The number of benzene rings is 3.